The Labute approximate surface area is 157 Å². The Bertz CT molecular complexity index is 865. The molecule has 2 saturated heterocycles. The summed E-state index contributed by atoms with van der Waals surface area (Å²) >= 11 is 0. The SMILES string of the molecule is Cc1nn(C)c2ncc(NC(=O)N3CCN(C(=O)C4CCCO4)CC3)cc12. The van der Waals surface area contributed by atoms with Gasteiger partial charge in [0.25, 0.3) is 5.91 Å². The highest BCUT2D eigenvalue weighted by atomic mass is 16.5. The van der Waals surface area contributed by atoms with E-state index in [-0.39, 0.29) is 18.0 Å². The van der Waals surface area contributed by atoms with Gasteiger partial charge in [0.15, 0.2) is 5.65 Å². The Hall–Kier alpha value is -2.68. The molecule has 2 aromatic rings. The maximum Gasteiger partial charge on any atom is 0.322 e. The average Bonchev–Trinajstić information content (AvgIpc) is 3.30. The van der Waals surface area contributed by atoms with Crippen LogP contribution in [0.4, 0.5) is 10.5 Å². The topological polar surface area (TPSA) is 92.6 Å². The molecule has 2 aromatic heterocycles. The van der Waals surface area contributed by atoms with Gasteiger partial charge in [-0.1, -0.05) is 0 Å². The van der Waals surface area contributed by atoms with E-state index >= 15 is 0 Å². The number of piperazine rings is 1. The van der Waals surface area contributed by atoms with Crippen molar-refractivity contribution < 1.29 is 14.3 Å². The molecule has 0 saturated carbocycles. The Morgan fingerprint density at radius 2 is 1.96 bits per heavy atom. The third-order valence-electron chi connectivity index (χ3n) is 5.20. The van der Waals surface area contributed by atoms with E-state index in [1.807, 2.05) is 20.0 Å². The van der Waals surface area contributed by atoms with E-state index in [1.165, 1.54) is 0 Å². The first-order valence-electron chi connectivity index (χ1n) is 9.28. The van der Waals surface area contributed by atoms with Crippen LogP contribution in [-0.2, 0) is 16.6 Å². The molecule has 2 aliphatic heterocycles. The summed E-state index contributed by atoms with van der Waals surface area (Å²) in [6.07, 6.45) is 3.07. The number of carbonyl (C=O) groups excluding carboxylic acids is 2. The summed E-state index contributed by atoms with van der Waals surface area (Å²) in [7, 11) is 1.85. The second-order valence-electron chi connectivity index (χ2n) is 7.05. The summed E-state index contributed by atoms with van der Waals surface area (Å²) in [6.45, 7) is 4.65. The molecule has 2 fully saturated rings. The number of urea groups is 1. The molecule has 3 amide bonds. The molecule has 4 heterocycles. The summed E-state index contributed by atoms with van der Waals surface area (Å²) in [4.78, 5) is 32.9. The van der Waals surface area contributed by atoms with Crippen molar-refractivity contribution in [2.75, 3.05) is 38.1 Å². The van der Waals surface area contributed by atoms with Crippen LogP contribution in [0.15, 0.2) is 12.3 Å². The molecule has 1 unspecified atom stereocenters. The molecule has 27 heavy (non-hydrogen) atoms. The van der Waals surface area contributed by atoms with E-state index in [1.54, 1.807) is 20.7 Å². The zero-order valence-electron chi connectivity index (χ0n) is 15.6. The third-order valence-corrected chi connectivity index (χ3v) is 5.20. The van der Waals surface area contributed by atoms with Gasteiger partial charge in [-0.2, -0.15) is 5.10 Å². The molecule has 9 heteroatoms. The maximum absolute atomic E-state index is 12.6. The molecule has 1 N–H and O–H groups in total. The second-order valence-corrected chi connectivity index (χ2v) is 7.05. The third kappa shape index (κ3) is 3.46. The highest BCUT2D eigenvalue weighted by Gasteiger charge is 2.31. The number of carbonyl (C=O) groups is 2. The average molecular weight is 372 g/mol. The Balaban J connectivity index is 1.35. The fourth-order valence-corrected chi connectivity index (χ4v) is 3.68. The summed E-state index contributed by atoms with van der Waals surface area (Å²) in [5, 5.41) is 8.16. The van der Waals surface area contributed by atoms with Crippen molar-refractivity contribution in [1.82, 2.24) is 24.6 Å². The minimum atomic E-state index is -0.300. The number of amides is 3. The van der Waals surface area contributed by atoms with Crippen molar-refractivity contribution in [1.29, 1.82) is 0 Å². The van der Waals surface area contributed by atoms with Gasteiger partial charge in [0.1, 0.15) is 6.10 Å². The minimum Gasteiger partial charge on any atom is -0.368 e. The van der Waals surface area contributed by atoms with Crippen LogP contribution >= 0.6 is 0 Å². The van der Waals surface area contributed by atoms with Crippen LogP contribution in [0.5, 0.6) is 0 Å². The first kappa shape index (κ1) is 17.7. The number of ether oxygens (including phenoxy) is 1. The van der Waals surface area contributed by atoms with Gasteiger partial charge < -0.3 is 19.9 Å². The molecule has 0 bridgehead atoms. The Morgan fingerprint density at radius 3 is 2.67 bits per heavy atom. The van der Waals surface area contributed by atoms with Gasteiger partial charge in [-0.15, -0.1) is 0 Å². The van der Waals surface area contributed by atoms with Crippen molar-refractivity contribution in [2.24, 2.45) is 7.05 Å². The number of aryl methyl sites for hydroxylation is 2. The molecule has 2 aliphatic rings. The van der Waals surface area contributed by atoms with E-state index in [9.17, 15) is 9.59 Å². The smallest absolute Gasteiger partial charge is 0.322 e. The summed E-state index contributed by atoms with van der Waals surface area (Å²) in [5.41, 5.74) is 2.30. The van der Waals surface area contributed by atoms with Crippen LogP contribution in [0, 0.1) is 6.92 Å². The number of aromatic nitrogens is 3. The van der Waals surface area contributed by atoms with Gasteiger partial charge in [-0.05, 0) is 25.8 Å². The lowest BCUT2D eigenvalue weighted by atomic mass is 10.2. The minimum absolute atomic E-state index is 0.0502. The number of hydrogen-bond donors (Lipinski definition) is 1. The zero-order valence-corrected chi connectivity index (χ0v) is 15.6. The number of fused-ring (bicyclic) bond motifs is 1. The molecule has 9 nitrogen and oxygen atoms in total. The first-order valence-corrected chi connectivity index (χ1v) is 9.28. The van der Waals surface area contributed by atoms with Crippen LogP contribution in [-0.4, -0.2) is 75.4 Å². The Kier molecular flexibility index (Phi) is 4.69. The van der Waals surface area contributed by atoms with E-state index in [0.29, 0.717) is 38.5 Å². The fourth-order valence-electron chi connectivity index (χ4n) is 3.68. The second kappa shape index (κ2) is 7.15. The van der Waals surface area contributed by atoms with Crippen LogP contribution in [0.2, 0.25) is 0 Å². The number of nitrogens with one attached hydrogen (secondary N) is 1. The predicted octanol–water partition coefficient (Wildman–Crippen LogP) is 1.13. The standard InChI is InChI=1S/C18H24N6O3/c1-12-14-10-13(11-19-16(14)22(2)21-12)20-18(26)24-7-5-23(6-8-24)17(25)15-4-3-9-27-15/h10-11,15H,3-9H2,1-2H3,(H,20,26). The molecule has 0 radical (unpaired) electrons. The van der Waals surface area contributed by atoms with Gasteiger partial charge in [0, 0.05) is 45.2 Å². The predicted molar refractivity (Wildman–Crippen MR) is 99.4 cm³/mol. The fraction of sp³-hybridized carbons (Fsp3) is 0.556. The number of hydrogen-bond acceptors (Lipinski definition) is 5. The molecule has 0 aromatic carbocycles. The molecule has 0 aliphatic carbocycles. The number of rotatable bonds is 2. The lowest BCUT2D eigenvalue weighted by Gasteiger charge is -2.35. The summed E-state index contributed by atoms with van der Waals surface area (Å²) in [5.74, 6) is 0.0502. The van der Waals surface area contributed by atoms with Gasteiger partial charge in [-0.3, -0.25) is 9.48 Å². The van der Waals surface area contributed by atoms with E-state index < -0.39 is 0 Å². The van der Waals surface area contributed by atoms with Gasteiger partial charge in [-0.25, -0.2) is 9.78 Å². The molecule has 4 rings (SSSR count). The number of nitrogens with zero attached hydrogens (tertiary/aromatic N) is 5. The van der Waals surface area contributed by atoms with Gasteiger partial charge in [0.05, 0.1) is 17.6 Å². The van der Waals surface area contributed by atoms with Crippen LogP contribution in [0.25, 0.3) is 11.0 Å². The van der Waals surface area contributed by atoms with E-state index in [0.717, 1.165) is 29.6 Å². The van der Waals surface area contributed by atoms with Crippen LogP contribution in [0.3, 0.4) is 0 Å². The monoisotopic (exact) mass is 372 g/mol. The molecule has 0 spiro atoms. The van der Waals surface area contributed by atoms with Crippen molar-refractivity contribution in [3.8, 4) is 0 Å². The van der Waals surface area contributed by atoms with Crippen molar-refractivity contribution in [3.05, 3.63) is 18.0 Å². The highest BCUT2D eigenvalue weighted by molar-refractivity contribution is 5.92. The summed E-state index contributed by atoms with van der Waals surface area (Å²) in [6, 6.07) is 1.71. The molecule has 1 atom stereocenters. The van der Waals surface area contributed by atoms with Crippen molar-refractivity contribution in [2.45, 2.75) is 25.9 Å². The van der Waals surface area contributed by atoms with Gasteiger partial charge >= 0.3 is 6.03 Å². The maximum atomic E-state index is 12.6. The summed E-state index contributed by atoms with van der Waals surface area (Å²) < 4.78 is 7.19. The van der Waals surface area contributed by atoms with Gasteiger partial charge in [0.2, 0.25) is 0 Å². The lowest BCUT2D eigenvalue weighted by Crippen LogP contribution is -2.53. The molecular weight excluding hydrogens is 348 g/mol. The zero-order chi connectivity index (χ0) is 19.0. The van der Waals surface area contributed by atoms with Crippen LogP contribution < -0.4 is 5.32 Å². The van der Waals surface area contributed by atoms with E-state index in [2.05, 4.69) is 15.4 Å². The molecule has 144 valence electrons. The number of pyridine rings is 1. The highest BCUT2D eigenvalue weighted by Crippen LogP contribution is 2.20. The van der Waals surface area contributed by atoms with Crippen molar-refractivity contribution in [3.63, 3.8) is 0 Å². The van der Waals surface area contributed by atoms with Crippen molar-refractivity contribution >= 4 is 28.7 Å². The Morgan fingerprint density at radius 1 is 1.22 bits per heavy atom. The molecular formula is C18H24N6O3. The quantitative estimate of drug-likeness (QED) is 0.853. The van der Waals surface area contributed by atoms with Crippen LogP contribution in [0.1, 0.15) is 18.5 Å². The normalized spacial score (nSPS) is 20.3. The largest absolute Gasteiger partial charge is 0.368 e. The number of anilines is 1. The lowest BCUT2D eigenvalue weighted by molar-refractivity contribution is -0.142. The first-order chi connectivity index (χ1) is 13.0. The van der Waals surface area contributed by atoms with E-state index in [4.69, 9.17) is 4.74 Å².